The van der Waals surface area contributed by atoms with Crippen LogP contribution in [0.4, 0.5) is 5.69 Å². The molecule has 0 bridgehead atoms. The monoisotopic (exact) mass is 239 g/mol. The zero-order chi connectivity index (χ0) is 11.5. The highest BCUT2D eigenvalue weighted by Gasteiger charge is 2.20. The first-order chi connectivity index (χ1) is 7.72. The van der Waals surface area contributed by atoms with Crippen molar-refractivity contribution in [1.29, 1.82) is 0 Å². The van der Waals surface area contributed by atoms with E-state index in [1.165, 1.54) is 0 Å². The molecule has 1 aliphatic rings. The van der Waals surface area contributed by atoms with Gasteiger partial charge in [0.05, 0.1) is 23.9 Å². The quantitative estimate of drug-likeness (QED) is 0.743. The maximum atomic E-state index is 10.6. The second-order valence-corrected chi connectivity index (χ2v) is 4.35. The number of hydrogen-bond donors (Lipinski definition) is 0. The number of hydrogen-bond acceptors (Lipinski definition) is 3. The molecule has 1 fully saturated rings. The molecule has 86 valence electrons. The Labute approximate surface area is 100.0 Å². The average molecular weight is 240 g/mol. The van der Waals surface area contributed by atoms with Crippen LogP contribution in [0.3, 0.4) is 0 Å². The molecule has 1 saturated heterocycles. The first-order valence-corrected chi connectivity index (χ1v) is 5.69. The molecule has 1 aromatic carbocycles. The smallest absolute Gasteiger partial charge is 0.150 e. The van der Waals surface area contributed by atoms with Crippen molar-refractivity contribution in [3.05, 3.63) is 28.8 Å². The SMILES string of the molecule is CC1COCCN1c1ccc(C=O)cc1Cl. The van der Waals surface area contributed by atoms with Crippen molar-refractivity contribution >= 4 is 23.6 Å². The molecular formula is C12H14ClNO2. The number of rotatable bonds is 2. The van der Waals surface area contributed by atoms with Crippen LogP contribution in [0.1, 0.15) is 17.3 Å². The first-order valence-electron chi connectivity index (χ1n) is 5.31. The summed E-state index contributed by atoms with van der Waals surface area (Å²) in [4.78, 5) is 12.8. The minimum absolute atomic E-state index is 0.313. The van der Waals surface area contributed by atoms with Gasteiger partial charge in [-0.25, -0.2) is 0 Å². The van der Waals surface area contributed by atoms with Gasteiger partial charge < -0.3 is 9.64 Å². The number of anilines is 1. The number of aldehydes is 1. The van der Waals surface area contributed by atoms with Gasteiger partial charge in [0.1, 0.15) is 6.29 Å². The molecule has 16 heavy (non-hydrogen) atoms. The third kappa shape index (κ3) is 2.20. The summed E-state index contributed by atoms with van der Waals surface area (Å²) in [7, 11) is 0. The van der Waals surface area contributed by atoms with Gasteiger partial charge in [0, 0.05) is 18.2 Å². The molecule has 0 amide bonds. The Morgan fingerprint density at radius 3 is 3.00 bits per heavy atom. The van der Waals surface area contributed by atoms with Crippen molar-refractivity contribution in [2.45, 2.75) is 13.0 Å². The third-order valence-corrected chi connectivity index (χ3v) is 3.09. The molecule has 0 spiro atoms. The van der Waals surface area contributed by atoms with Gasteiger partial charge in [-0.15, -0.1) is 0 Å². The Kier molecular flexibility index (Phi) is 3.46. The minimum Gasteiger partial charge on any atom is -0.377 e. The third-order valence-electron chi connectivity index (χ3n) is 2.78. The fraction of sp³-hybridized carbons (Fsp3) is 0.417. The van der Waals surface area contributed by atoms with Crippen molar-refractivity contribution in [2.75, 3.05) is 24.7 Å². The summed E-state index contributed by atoms with van der Waals surface area (Å²) in [5, 5.41) is 0.623. The molecule has 0 aromatic heterocycles. The van der Waals surface area contributed by atoms with E-state index in [9.17, 15) is 4.79 Å². The lowest BCUT2D eigenvalue weighted by Crippen LogP contribution is -2.43. The largest absolute Gasteiger partial charge is 0.377 e. The Balaban J connectivity index is 2.28. The summed E-state index contributed by atoms with van der Waals surface area (Å²) >= 11 is 6.17. The molecular weight excluding hydrogens is 226 g/mol. The van der Waals surface area contributed by atoms with Gasteiger partial charge in [0.25, 0.3) is 0 Å². The lowest BCUT2D eigenvalue weighted by molar-refractivity contribution is 0.0989. The fourth-order valence-electron chi connectivity index (χ4n) is 1.91. The topological polar surface area (TPSA) is 29.5 Å². The number of carbonyl (C=O) groups is 1. The van der Waals surface area contributed by atoms with E-state index < -0.39 is 0 Å². The molecule has 1 atom stereocenters. The average Bonchev–Trinajstić information content (AvgIpc) is 2.30. The van der Waals surface area contributed by atoms with Crippen LogP contribution >= 0.6 is 11.6 Å². The van der Waals surface area contributed by atoms with Gasteiger partial charge in [-0.2, -0.15) is 0 Å². The molecule has 0 radical (unpaired) electrons. The van der Waals surface area contributed by atoms with Crippen molar-refractivity contribution in [2.24, 2.45) is 0 Å². The van der Waals surface area contributed by atoms with E-state index in [0.717, 1.165) is 25.1 Å². The predicted molar refractivity (Wildman–Crippen MR) is 64.5 cm³/mol. The lowest BCUT2D eigenvalue weighted by Gasteiger charge is -2.35. The summed E-state index contributed by atoms with van der Waals surface area (Å²) in [6.45, 7) is 4.37. The zero-order valence-corrected chi connectivity index (χ0v) is 9.91. The van der Waals surface area contributed by atoms with Gasteiger partial charge in [-0.1, -0.05) is 11.6 Å². The first kappa shape index (κ1) is 11.4. The Morgan fingerprint density at radius 2 is 2.38 bits per heavy atom. The van der Waals surface area contributed by atoms with E-state index >= 15 is 0 Å². The normalized spacial score (nSPS) is 20.9. The van der Waals surface area contributed by atoms with Crippen LogP contribution in [0.15, 0.2) is 18.2 Å². The van der Waals surface area contributed by atoms with Crippen molar-refractivity contribution in [3.63, 3.8) is 0 Å². The number of benzene rings is 1. The van der Waals surface area contributed by atoms with Crippen LogP contribution in [-0.2, 0) is 4.74 Å². The number of carbonyl (C=O) groups excluding carboxylic acids is 1. The zero-order valence-electron chi connectivity index (χ0n) is 9.15. The Bertz CT molecular complexity index is 395. The summed E-state index contributed by atoms with van der Waals surface area (Å²) in [6.07, 6.45) is 0.804. The Morgan fingerprint density at radius 1 is 1.56 bits per heavy atom. The van der Waals surface area contributed by atoms with Gasteiger partial charge >= 0.3 is 0 Å². The molecule has 1 heterocycles. The predicted octanol–water partition coefficient (Wildman–Crippen LogP) is 2.38. The number of ether oxygens (including phenoxy) is 1. The van der Waals surface area contributed by atoms with E-state index in [0.29, 0.717) is 23.2 Å². The van der Waals surface area contributed by atoms with Crippen molar-refractivity contribution in [3.8, 4) is 0 Å². The van der Waals surface area contributed by atoms with Crippen molar-refractivity contribution in [1.82, 2.24) is 0 Å². The maximum Gasteiger partial charge on any atom is 0.150 e. The van der Waals surface area contributed by atoms with Crippen LogP contribution in [0.2, 0.25) is 5.02 Å². The van der Waals surface area contributed by atoms with Crippen LogP contribution in [-0.4, -0.2) is 32.1 Å². The van der Waals surface area contributed by atoms with Crippen LogP contribution in [0.5, 0.6) is 0 Å². The molecule has 1 aliphatic heterocycles. The number of morpholine rings is 1. The molecule has 4 heteroatoms. The lowest BCUT2D eigenvalue weighted by atomic mass is 10.1. The van der Waals surface area contributed by atoms with E-state index in [1.807, 2.05) is 6.07 Å². The van der Waals surface area contributed by atoms with Gasteiger partial charge in [-0.3, -0.25) is 4.79 Å². The number of nitrogens with zero attached hydrogens (tertiary/aromatic N) is 1. The van der Waals surface area contributed by atoms with Crippen LogP contribution < -0.4 is 4.90 Å². The van der Waals surface area contributed by atoms with Crippen LogP contribution in [0, 0.1) is 0 Å². The standard InChI is InChI=1S/C12H14ClNO2/c1-9-8-16-5-4-14(9)12-3-2-10(7-15)6-11(12)13/h2-3,6-7,9H,4-5,8H2,1H3. The molecule has 0 saturated carbocycles. The molecule has 2 rings (SSSR count). The summed E-state index contributed by atoms with van der Waals surface area (Å²) in [5.74, 6) is 0. The molecule has 0 N–H and O–H groups in total. The highest BCUT2D eigenvalue weighted by Crippen LogP contribution is 2.29. The molecule has 3 nitrogen and oxygen atoms in total. The summed E-state index contributed by atoms with van der Waals surface area (Å²) in [5.41, 5.74) is 1.58. The fourth-order valence-corrected chi connectivity index (χ4v) is 2.21. The van der Waals surface area contributed by atoms with E-state index in [-0.39, 0.29) is 0 Å². The van der Waals surface area contributed by atoms with E-state index in [2.05, 4.69) is 11.8 Å². The second-order valence-electron chi connectivity index (χ2n) is 3.95. The van der Waals surface area contributed by atoms with Gasteiger partial charge in [0.15, 0.2) is 0 Å². The van der Waals surface area contributed by atoms with Gasteiger partial charge in [0.2, 0.25) is 0 Å². The minimum atomic E-state index is 0.313. The molecule has 0 aliphatic carbocycles. The number of halogens is 1. The van der Waals surface area contributed by atoms with E-state index in [4.69, 9.17) is 16.3 Å². The van der Waals surface area contributed by atoms with Crippen LogP contribution in [0.25, 0.3) is 0 Å². The summed E-state index contributed by atoms with van der Waals surface area (Å²) in [6, 6.07) is 5.70. The molecule has 1 aromatic rings. The van der Waals surface area contributed by atoms with E-state index in [1.54, 1.807) is 12.1 Å². The highest BCUT2D eigenvalue weighted by atomic mass is 35.5. The summed E-state index contributed by atoms with van der Waals surface area (Å²) < 4.78 is 5.38. The second kappa shape index (κ2) is 4.85. The highest BCUT2D eigenvalue weighted by molar-refractivity contribution is 6.33. The maximum absolute atomic E-state index is 10.6. The Hall–Kier alpha value is -1.06. The molecule has 1 unspecified atom stereocenters. The van der Waals surface area contributed by atoms with Gasteiger partial charge in [-0.05, 0) is 25.1 Å². The van der Waals surface area contributed by atoms with Crippen molar-refractivity contribution < 1.29 is 9.53 Å².